The lowest BCUT2D eigenvalue weighted by Crippen LogP contribution is -2.07. The molecule has 0 spiro atoms. The molecule has 0 aromatic carbocycles. The summed E-state index contributed by atoms with van der Waals surface area (Å²) in [5, 5.41) is 3.85. The Balaban J connectivity index is 2.99. The van der Waals surface area contributed by atoms with Crippen molar-refractivity contribution < 1.29 is 8.78 Å². The molecule has 5 heteroatoms. The second-order valence-corrected chi connectivity index (χ2v) is 2.78. The largest absolute Gasteiger partial charge is 0.326 e. The summed E-state index contributed by atoms with van der Waals surface area (Å²) in [5.41, 5.74) is 5.71. The van der Waals surface area contributed by atoms with Crippen molar-refractivity contribution >= 4 is 0 Å². The van der Waals surface area contributed by atoms with Crippen molar-refractivity contribution in [2.75, 3.05) is 0 Å². The highest BCUT2D eigenvalue weighted by molar-refractivity contribution is 5.18. The Bertz CT molecular complexity index is 270. The zero-order valence-electron chi connectivity index (χ0n) is 7.50. The molecule has 0 radical (unpaired) electrons. The van der Waals surface area contributed by atoms with Crippen LogP contribution in [0.5, 0.6) is 0 Å². The van der Waals surface area contributed by atoms with Gasteiger partial charge in [-0.3, -0.25) is 4.68 Å². The van der Waals surface area contributed by atoms with Crippen LogP contribution >= 0.6 is 0 Å². The summed E-state index contributed by atoms with van der Waals surface area (Å²) in [6, 6.07) is 0. The van der Waals surface area contributed by atoms with E-state index >= 15 is 0 Å². The van der Waals surface area contributed by atoms with Crippen molar-refractivity contribution in [1.82, 2.24) is 9.78 Å². The minimum absolute atomic E-state index is 0.0376. The molecule has 0 unspecified atom stereocenters. The molecule has 2 N–H and O–H groups in total. The third-order valence-corrected chi connectivity index (χ3v) is 1.82. The molecular formula is C8H13F2N3. The fourth-order valence-corrected chi connectivity index (χ4v) is 1.23. The van der Waals surface area contributed by atoms with Crippen molar-refractivity contribution in [2.24, 2.45) is 5.73 Å². The zero-order chi connectivity index (χ0) is 9.84. The van der Waals surface area contributed by atoms with Crippen LogP contribution in [0.15, 0.2) is 6.20 Å². The molecular weight excluding hydrogens is 176 g/mol. The highest BCUT2D eigenvalue weighted by atomic mass is 19.3. The van der Waals surface area contributed by atoms with E-state index in [1.807, 2.05) is 6.92 Å². The fourth-order valence-electron chi connectivity index (χ4n) is 1.23. The highest BCUT2D eigenvalue weighted by Gasteiger charge is 2.18. The summed E-state index contributed by atoms with van der Waals surface area (Å²) in [6.07, 6.45) is -0.296. The molecule has 0 aliphatic heterocycles. The maximum Gasteiger partial charge on any atom is 0.280 e. The topological polar surface area (TPSA) is 43.8 Å². The molecule has 0 aliphatic rings. The molecule has 0 bridgehead atoms. The van der Waals surface area contributed by atoms with Crippen molar-refractivity contribution in [3.05, 3.63) is 17.5 Å². The molecule has 0 atom stereocenters. The number of aryl methyl sites for hydroxylation is 1. The van der Waals surface area contributed by atoms with Gasteiger partial charge in [-0.25, -0.2) is 8.78 Å². The molecule has 1 heterocycles. The monoisotopic (exact) mass is 189 g/mol. The maximum atomic E-state index is 12.5. The van der Waals surface area contributed by atoms with Gasteiger partial charge in [-0.2, -0.15) is 5.10 Å². The fraction of sp³-hybridized carbons (Fsp3) is 0.625. The molecule has 0 fully saturated rings. The zero-order valence-corrected chi connectivity index (χ0v) is 7.50. The highest BCUT2D eigenvalue weighted by Crippen LogP contribution is 2.22. The minimum Gasteiger partial charge on any atom is -0.326 e. The number of rotatable bonds is 4. The first-order valence-corrected chi connectivity index (χ1v) is 4.23. The summed E-state index contributed by atoms with van der Waals surface area (Å²) in [6.45, 7) is 2.54. The summed E-state index contributed by atoms with van der Waals surface area (Å²) in [7, 11) is 0. The van der Waals surface area contributed by atoms with E-state index in [-0.39, 0.29) is 12.2 Å². The molecule has 74 valence electrons. The molecule has 0 amide bonds. The number of hydrogen-bond acceptors (Lipinski definition) is 2. The number of nitrogens with two attached hydrogens (primary N) is 1. The lowest BCUT2D eigenvalue weighted by atomic mass is 10.2. The number of hydrogen-bond donors (Lipinski definition) is 1. The third kappa shape index (κ3) is 2.03. The minimum atomic E-state index is -2.49. The smallest absolute Gasteiger partial charge is 0.280 e. The van der Waals surface area contributed by atoms with Crippen LogP contribution in [-0.2, 0) is 13.1 Å². The van der Waals surface area contributed by atoms with Crippen LogP contribution in [0.2, 0.25) is 0 Å². The molecule has 3 nitrogen and oxygen atoms in total. The van der Waals surface area contributed by atoms with Gasteiger partial charge in [0.05, 0.1) is 6.20 Å². The lowest BCUT2D eigenvalue weighted by molar-refractivity contribution is 0.137. The van der Waals surface area contributed by atoms with Gasteiger partial charge in [0.2, 0.25) is 0 Å². The first-order valence-electron chi connectivity index (χ1n) is 4.23. The molecule has 13 heavy (non-hydrogen) atoms. The Morgan fingerprint density at radius 1 is 1.62 bits per heavy atom. The van der Waals surface area contributed by atoms with Crippen LogP contribution in [0.25, 0.3) is 0 Å². The second kappa shape index (κ2) is 4.32. The predicted octanol–water partition coefficient (Wildman–Crippen LogP) is 1.69. The average molecular weight is 189 g/mol. The Labute approximate surface area is 75.5 Å². The predicted molar refractivity (Wildman–Crippen MR) is 45.4 cm³/mol. The number of halogens is 2. The van der Waals surface area contributed by atoms with Crippen LogP contribution in [0, 0.1) is 0 Å². The Morgan fingerprint density at radius 2 is 2.31 bits per heavy atom. The molecule has 0 aliphatic carbocycles. The van der Waals surface area contributed by atoms with Crippen molar-refractivity contribution in [1.29, 1.82) is 0 Å². The normalized spacial score (nSPS) is 11.2. The second-order valence-electron chi connectivity index (χ2n) is 2.78. The quantitative estimate of drug-likeness (QED) is 0.783. The van der Waals surface area contributed by atoms with E-state index in [0.717, 1.165) is 6.42 Å². The van der Waals surface area contributed by atoms with E-state index < -0.39 is 6.43 Å². The molecule has 1 aromatic heterocycles. The van der Waals surface area contributed by atoms with Crippen molar-refractivity contribution in [2.45, 2.75) is 32.9 Å². The SMILES string of the molecule is CCCn1ncc(CN)c1C(F)F. The van der Waals surface area contributed by atoms with Gasteiger partial charge in [0.25, 0.3) is 6.43 Å². The Morgan fingerprint density at radius 3 is 2.77 bits per heavy atom. The van der Waals surface area contributed by atoms with Crippen LogP contribution < -0.4 is 5.73 Å². The van der Waals surface area contributed by atoms with Crippen LogP contribution in [0.1, 0.15) is 31.0 Å². The van der Waals surface area contributed by atoms with Gasteiger partial charge in [0.1, 0.15) is 5.69 Å². The Hall–Kier alpha value is -0.970. The van der Waals surface area contributed by atoms with Gasteiger partial charge in [-0.15, -0.1) is 0 Å². The van der Waals surface area contributed by atoms with E-state index in [9.17, 15) is 8.78 Å². The first-order chi connectivity index (χ1) is 6.20. The number of alkyl halides is 2. The van der Waals surface area contributed by atoms with E-state index in [4.69, 9.17) is 5.73 Å². The lowest BCUT2D eigenvalue weighted by Gasteiger charge is -2.06. The van der Waals surface area contributed by atoms with Gasteiger partial charge in [0.15, 0.2) is 0 Å². The third-order valence-electron chi connectivity index (χ3n) is 1.82. The van der Waals surface area contributed by atoms with Crippen LogP contribution in [0.3, 0.4) is 0 Å². The van der Waals surface area contributed by atoms with Crippen molar-refractivity contribution in [3.8, 4) is 0 Å². The molecule has 0 saturated carbocycles. The van der Waals surface area contributed by atoms with Gasteiger partial charge in [-0.1, -0.05) is 6.92 Å². The van der Waals surface area contributed by atoms with E-state index in [0.29, 0.717) is 12.1 Å². The average Bonchev–Trinajstić information content (AvgIpc) is 2.48. The summed E-state index contributed by atoms with van der Waals surface area (Å²) < 4.78 is 26.4. The Kier molecular flexibility index (Phi) is 3.36. The van der Waals surface area contributed by atoms with Gasteiger partial charge in [0, 0.05) is 18.7 Å². The van der Waals surface area contributed by atoms with Crippen LogP contribution in [0.4, 0.5) is 8.78 Å². The van der Waals surface area contributed by atoms with Gasteiger partial charge in [-0.05, 0) is 6.42 Å². The maximum absolute atomic E-state index is 12.5. The molecule has 0 saturated heterocycles. The van der Waals surface area contributed by atoms with E-state index in [1.54, 1.807) is 0 Å². The number of nitrogens with zero attached hydrogens (tertiary/aromatic N) is 2. The van der Waals surface area contributed by atoms with E-state index in [2.05, 4.69) is 5.10 Å². The molecule has 1 aromatic rings. The van der Waals surface area contributed by atoms with E-state index in [1.165, 1.54) is 10.9 Å². The van der Waals surface area contributed by atoms with Gasteiger partial charge < -0.3 is 5.73 Å². The van der Waals surface area contributed by atoms with Crippen molar-refractivity contribution in [3.63, 3.8) is 0 Å². The molecule has 1 rings (SSSR count). The van der Waals surface area contributed by atoms with Gasteiger partial charge >= 0.3 is 0 Å². The summed E-state index contributed by atoms with van der Waals surface area (Å²) >= 11 is 0. The van der Waals surface area contributed by atoms with Crippen LogP contribution in [-0.4, -0.2) is 9.78 Å². The number of aromatic nitrogens is 2. The standard InChI is InChI=1S/C8H13F2N3/c1-2-3-13-7(8(9)10)6(4-11)5-12-13/h5,8H,2-4,11H2,1H3. The summed E-state index contributed by atoms with van der Waals surface area (Å²) in [5.74, 6) is 0. The summed E-state index contributed by atoms with van der Waals surface area (Å²) in [4.78, 5) is 0. The first kappa shape index (κ1) is 10.1.